The molecule has 0 bridgehead atoms. The lowest BCUT2D eigenvalue weighted by Crippen LogP contribution is -2.47. The SMILES string of the molecule is ClC(Cl)(Cl)C(Cl)(Cl)C1(Cl)N=NN=N1. The molecule has 13 heavy (non-hydrogen) atoms. The van der Waals surface area contributed by atoms with Crippen LogP contribution in [0.1, 0.15) is 0 Å². The third-order valence-electron chi connectivity index (χ3n) is 1.15. The van der Waals surface area contributed by atoms with Gasteiger partial charge < -0.3 is 0 Å². The average molecular weight is 305 g/mol. The third kappa shape index (κ3) is 1.98. The van der Waals surface area contributed by atoms with Gasteiger partial charge in [-0.3, -0.25) is 0 Å². The maximum absolute atomic E-state index is 5.71. The van der Waals surface area contributed by atoms with Crippen LogP contribution in [-0.2, 0) is 0 Å². The Morgan fingerprint density at radius 3 is 1.54 bits per heavy atom. The van der Waals surface area contributed by atoms with Crippen molar-refractivity contribution in [3.05, 3.63) is 0 Å². The Hall–Kier alpha value is 0.940. The van der Waals surface area contributed by atoms with Gasteiger partial charge in [-0.15, -0.1) is 10.2 Å². The Balaban J connectivity index is 3.06. The van der Waals surface area contributed by atoms with Crippen LogP contribution < -0.4 is 0 Å². The topological polar surface area (TPSA) is 49.4 Å². The fourth-order valence-electron chi connectivity index (χ4n) is 0.484. The molecule has 0 spiro atoms. The van der Waals surface area contributed by atoms with E-state index in [0.717, 1.165) is 0 Å². The van der Waals surface area contributed by atoms with E-state index in [-0.39, 0.29) is 0 Å². The normalized spacial score (nSPS) is 21.1. The molecule has 74 valence electrons. The summed E-state index contributed by atoms with van der Waals surface area (Å²) in [5, 5.41) is 11.0. The van der Waals surface area contributed by atoms with Crippen LogP contribution in [0.4, 0.5) is 0 Å². The Morgan fingerprint density at radius 2 is 1.23 bits per heavy atom. The minimum absolute atomic E-state index is 1.90. The molecule has 4 nitrogen and oxygen atoms in total. The van der Waals surface area contributed by atoms with Crippen LogP contribution in [0.2, 0.25) is 0 Å². The van der Waals surface area contributed by atoms with Crippen LogP contribution in [0.5, 0.6) is 0 Å². The van der Waals surface area contributed by atoms with E-state index >= 15 is 0 Å². The molecule has 0 aromatic carbocycles. The van der Waals surface area contributed by atoms with Crippen LogP contribution in [0.15, 0.2) is 20.7 Å². The van der Waals surface area contributed by atoms with Crippen molar-refractivity contribution in [2.24, 2.45) is 20.7 Å². The molecule has 0 radical (unpaired) electrons. The van der Waals surface area contributed by atoms with Gasteiger partial charge in [-0.05, 0) is 10.4 Å². The van der Waals surface area contributed by atoms with E-state index in [4.69, 9.17) is 69.6 Å². The predicted octanol–water partition coefficient (Wildman–Crippen LogP) is 4.26. The number of hydrogen-bond acceptors (Lipinski definition) is 4. The summed E-state index contributed by atoms with van der Waals surface area (Å²) in [6.45, 7) is 0. The fraction of sp³-hybridized carbons (Fsp3) is 1.00. The largest absolute Gasteiger partial charge is 0.304 e. The number of nitrogens with zero attached hydrogens (tertiary/aromatic N) is 4. The first kappa shape index (κ1) is 12.0. The Labute approximate surface area is 103 Å². The molecule has 1 rings (SSSR count). The summed E-state index contributed by atoms with van der Waals surface area (Å²) in [6, 6.07) is 0. The molecule has 0 aliphatic carbocycles. The third-order valence-corrected chi connectivity index (χ3v) is 4.30. The van der Waals surface area contributed by atoms with E-state index in [2.05, 4.69) is 20.7 Å². The molecule has 0 fully saturated rings. The summed E-state index contributed by atoms with van der Waals surface area (Å²) < 4.78 is -4.13. The van der Waals surface area contributed by atoms with Gasteiger partial charge in [-0.1, -0.05) is 69.6 Å². The molecular weight excluding hydrogens is 305 g/mol. The van der Waals surface area contributed by atoms with Gasteiger partial charge in [0.15, 0.2) is 0 Å². The first-order valence-electron chi connectivity index (χ1n) is 2.68. The summed E-state index contributed by atoms with van der Waals surface area (Å²) in [7, 11) is 0. The van der Waals surface area contributed by atoms with E-state index < -0.39 is 13.2 Å². The first-order chi connectivity index (χ1) is 5.71. The number of halogens is 6. The van der Waals surface area contributed by atoms with Gasteiger partial charge in [0.05, 0.1) is 0 Å². The minimum atomic E-state index is -2.07. The monoisotopic (exact) mass is 302 g/mol. The van der Waals surface area contributed by atoms with E-state index in [0.29, 0.717) is 0 Å². The highest BCUT2D eigenvalue weighted by molar-refractivity contribution is 6.76. The molecular formula is C3Cl6N4. The van der Waals surface area contributed by atoms with Crippen molar-refractivity contribution in [3.63, 3.8) is 0 Å². The lowest BCUT2D eigenvalue weighted by atomic mass is 10.3. The Kier molecular flexibility index (Phi) is 3.24. The zero-order valence-electron chi connectivity index (χ0n) is 5.56. The van der Waals surface area contributed by atoms with Crippen molar-refractivity contribution in [2.75, 3.05) is 0 Å². The Bertz CT molecular complexity index is 254. The Morgan fingerprint density at radius 1 is 0.846 bits per heavy atom. The number of alkyl halides is 6. The van der Waals surface area contributed by atoms with Gasteiger partial charge in [-0.2, -0.15) is 0 Å². The van der Waals surface area contributed by atoms with Gasteiger partial charge in [0, 0.05) is 0 Å². The van der Waals surface area contributed by atoms with Gasteiger partial charge in [0.25, 0.3) is 0 Å². The van der Waals surface area contributed by atoms with E-state index in [1.807, 2.05) is 0 Å². The molecule has 0 aromatic rings. The van der Waals surface area contributed by atoms with Crippen molar-refractivity contribution >= 4 is 69.6 Å². The van der Waals surface area contributed by atoms with Gasteiger partial charge in [0.1, 0.15) is 0 Å². The van der Waals surface area contributed by atoms with Gasteiger partial charge >= 0.3 is 5.12 Å². The summed E-state index contributed by atoms with van der Waals surface area (Å²) in [5.74, 6) is 0. The molecule has 0 atom stereocenters. The molecule has 0 saturated carbocycles. The van der Waals surface area contributed by atoms with Crippen LogP contribution in [0, 0.1) is 0 Å². The van der Waals surface area contributed by atoms with Crippen molar-refractivity contribution in [3.8, 4) is 0 Å². The highest BCUT2D eigenvalue weighted by atomic mass is 35.6. The number of rotatable bonds is 1. The zero-order valence-corrected chi connectivity index (χ0v) is 10.1. The highest BCUT2D eigenvalue weighted by Gasteiger charge is 2.63. The molecule has 0 saturated heterocycles. The van der Waals surface area contributed by atoms with Crippen LogP contribution in [-0.4, -0.2) is 13.2 Å². The standard InChI is InChI=1S/C3Cl6N4/c4-1(5,2(6,7)8)3(9)10-12-13-11-3. The molecule has 1 aliphatic rings. The summed E-state index contributed by atoms with van der Waals surface area (Å²) in [4.78, 5) is 0. The zero-order chi connectivity index (χ0) is 10.3. The van der Waals surface area contributed by atoms with Crippen LogP contribution >= 0.6 is 69.6 Å². The minimum Gasteiger partial charge on any atom is -0.114 e. The molecule has 0 N–H and O–H groups in total. The lowest BCUT2D eigenvalue weighted by Gasteiger charge is -2.32. The second-order valence-electron chi connectivity index (χ2n) is 2.04. The second kappa shape index (κ2) is 3.51. The van der Waals surface area contributed by atoms with Crippen LogP contribution in [0.3, 0.4) is 0 Å². The first-order valence-corrected chi connectivity index (χ1v) is 4.95. The lowest BCUT2D eigenvalue weighted by molar-refractivity contribution is 0.542. The average Bonchev–Trinajstić information content (AvgIpc) is 2.35. The highest BCUT2D eigenvalue weighted by Crippen LogP contribution is 2.56. The summed E-state index contributed by atoms with van der Waals surface area (Å²) in [5.41, 5.74) is 0. The molecule has 1 heterocycles. The molecule has 0 amide bonds. The van der Waals surface area contributed by atoms with Crippen molar-refractivity contribution in [2.45, 2.75) is 13.2 Å². The smallest absolute Gasteiger partial charge is 0.114 e. The maximum atomic E-state index is 5.71. The molecule has 0 aromatic heterocycles. The van der Waals surface area contributed by atoms with E-state index in [9.17, 15) is 0 Å². The molecule has 10 heteroatoms. The summed E-state index contributed by atoms with van der Waals surface area (Å²) in [6.07, 6.45) is 0. The van der Waals surface area contributed by atoms with Crippen molar-refractivity contribution < 1.29 is 0 Å². The van der Waals surface area contributed by atoms with Gasteiger partial charge in [-0.25, -0.2) is 0 Å². The van der Waals surface area contributed by atoms with Crippen molar-refractivity contribution in [1.29, 1.82) is 0 Å². The van der Waals surface area contributed by atoms with Crippen LogP contribution in [0.25, 0.3) is 0 Å². The van der Waals surface area contributed by atoms with E-state index in [1.54, 1.807) is 0 Å². The van der Waals surface area contributed by atoms with Gasteiger partial charge in [0.2, 0.25) is 8.13 Å². The molecule has 1 aliphatic heterocycles. The second-order valence-corrected chi connectivity index (χ2v) is 6.17. The van der Waals surface area contributed by atoms with Crippen molar-refractivity contribution in [1.82, 2.24) is 0 Å². The number of hydrogen-bond donors (Lipinski definition) is 0. The predicted molar refractivity (Wildman–Crippen MR) is 53.0 cm³/mol. The quantitative estimate of drug-likeness (QED) is 0.513. The van der Waals surface area contributed by atoms with E-state index in [1.165, 1.54) is 0 Å². The summed E-state index contributed by atoms with van der Waals surface area (Å²) >= 11 is 33.5. The fourth-order valence-corrected chi connectivity index (χ4v) is 1.39. The molecule has 0 unspecified atom stereocenters. The maximum Gasteiger partial charge on any atom is 0.304 e.